The van der Waals surface area contributed by atoms with Crippen molar-refractivity contribution in [2.75, 3.05) is 52.9 Å². The van der Waals surface area contributed by atoms with Gasteiger partial charge >= 0.3 is 17.9 Å². The van der Waals surface area contributed by atoms with Crippen LogP contribution >= 0.6 is 0 Å². The minimum absolute atomic E-state index is 0.0305. The minimum Gasteiger partial charge on any atom is -0.477 e. The van der Waals surface area contributed by atoms with Gasteiger partial charge in [-0.1, -0.05) is 19.6 Å². The van der Waals surface area contributed by atoms with Gasteiger partial charge in [0.2, 0.25) is 23.6 Å². The third-order valence-electron chi connectivity index (χ3n) is 20.2. The molecular formula is C64H108N4O45Si. The van der Waals surface area contributed by atoms with Gasteiger partial charge in [-0.25, -0.2) is 14.4 Å². The zero-order valence-corrected chi connectivity index (χ0v) is 63.5. The van der Waals surface area contributed by atoms with Gasteiger partial charge in [0.05, 0.1) is 82.7 Å². The summed E-state index contributed by atoms with van der Waals surface area (Å²) in [5.74, 6) is -21.4. The fourth-order valence-electron chi connectivity index (χ4n) is 14.3. The molecule has 0 spiro atoms. The van der Waals surface area contributed by atoms with Gasteiger partial charge in [0.1, 0.15) is 153 Å². The fraction of sp³-hybridized carbons (Fsp3) is 0.891. The molecule has 0 aromatic heterocycles. The summed E-state index contributed by atoms with van der Waals surface area (Å²) in [7, 11) is -1.84. The number of carbonyl (C=O) groups excluding carboxylic acids is 4. The van der Waals surface area contributed by atoms with Crippen molar-refractivity contribution in [3.63, 3.8) is 0 Å². The number of nitrogens with one attached hydrogen (secondary N) is 4. The second-order valence-corrected chi connectivity index (χ2v) is 35.6. The molecule has 0 saturated carbocycles. The number of aliphatic hydroxyl groups excluding tert-OH is 21. The first kappa shape index (κ1) is 96.2. The Bertz CT molecular complexity index is 3180. The molecule has 49 nitrogen and oxygen atoms in total. The van der Waals surface area contributed by atoms with E-state index in [0.717, 1.165) is 27.7 Å². The molecular weight excluding hydrogens is 1570 g/mol. The molecule has 0 aliphatic carbocycles. The summed E-state index contributed by atoms with van der Waals surface area (Å²) >= 11 is 0. The number of ether oxygens (including phenoxy) is 14. The summed E-state index contributed by atoms with van der Waals surface area (Å²) in [5, 5.41) is 278. The van der Waals surface area contributed by atoms with E-state index in [1.807, 2.05) is 19.6 Å². The van der Waals surface area contributed by atoms with Crippen LogP contribution in [0.1, 0.15) is 47.0 Å². The highest BCUT2D eigenvalue weighted by Gasteiger charge is 2.66. The molecule has 7 aliphatic heterocycles. The summed E-state index contributed by atoms with van der Waals surface area (Å²) in [6, 6.07) is -7.49. The lowest BCUT2D eigenvalue weighted by atomic mass is 9.87. The second kappa shape index (κ2) is 40.4. The topological polar surface area (TPSA) is 782 Å². The van der Waals surface area contributed by atoms with Crippen molar-refractivity contribution < 1.29 is 222 Å². The van der Waals surface area contributed by atoms with Crippen LogP contribution in [0.5, 0.6) is 0 Å². The number of aliphatic hydroxyl groups is 21. The SMILES string of the molecule is CC(=O)N[C@H]1[C@H](O[C@@H]2[C@H](O[C@@]3(C(=O)O)C[C@H](O)[C@@H](NC(C)=O)[C@H]([C@H](O)[C@@H](CO)O[C@]4(C(=O)O)C[C@H](O)[C@@H](NC(C)=O)[C@H]([C@H](O)[C@H](O)CO)O4)O3)[C@@H](O)[C@H](O[C@H]3[C@H](O)[C@@H](O)[C@H](OCC[Si](C)(C)C)O[C@@H]3CO)O[C@@H]2CO)O[C@H](CO)[C@H](O)[C@@H]1O[C@@H]1O[C@H](CO)[C@H](O)[C@H](O[C@]2(C(=O)O)C[C@H](O)[C@@H](NC(C)=O)[C@H]([C@H](O)[C@H](O)CO)O2)[C@H]1O. The average molecular weight is 1680 g/mol. The van der Waals surface area contributed by atoms with Crippen LogP contribution in [-0.2, 0) is 99.9 Å². The summed E-state index contributed by atoms with van der Waals surface area (Å²) in [5.41, 5.74) is 0. The quantitative estimate of drug-likeness (QED) is 0.0259. The first-order valence-corrected chi connectivity index (χ1v) is 39.8. The summed E-state index contributed by atoms with van der Waals surface area (Å²) < 4.78 is 83.0. The maximum atomic E-state index is 14.3. The lowest BCUT2D eigenvalue weighted by Gasteiger charge is -2.53. The number of carbonyl (C=O) groups is 7. The molecule has 38 atom stereocenters. The van der Waals surface area contributed by atoms with Crippen LogP contribution in [0.25, 0.3) is 0 Å². The monoisotopic (exact) mass is 1680 g/mol. The molecule has 0 aromatic rings. The van der Waals surface area contributed by atoms with Crippen LogP contribution in [0, 0.1) is 0 Å². The van der Waals surface area contributed by atoms with E-state index >= 15 is 0 Å². The van der Waals surface area contributed by atoms with E-state index < -0.39 is 347 Å². The van der Waals surface area contributed by atoms with Crippen molar-refractivity contribution in [3.8, 4) is 0 Å². The van der Waals surface area contributed by atoms with Crippen molar-refractivity contribution in [1.82, 2.24) is 21.3 Å². The first-order chi connectivity index (χ1) is 53.3. The normalized spacial score (nSPS) is 41.9. The second-order valence-electron chi connectivity index (χ2n) is 29.9. The molecule has 0 radical (unpaired) electrons. The number of hydrogen-bond donors (Lipinski definition) is 28. The molecule has 28 N–H and O–H groups in total. The van der Waals surface area contributed by atoms with E-state index in [1.54, 1.807) is 0 Å². The van der Waals surface area contributed by atoms with Crippen LogP contribution in [-0.4, -0.2) is 457 Å². The molecule has 7 rings (SSSR count). The predicted octanol–water partition coefficient (Wildman–Crippen LogP) is -15.7. The number of hydrogen-bond acceptors (Lipinski definition) is 42. The minimum atomic E-state index is -3.74. The third kappa shape index (κ3) is 21.8. The van der Waals surface area contributed by atoms with Crippen molar-refractivity contribution >= 4 is 49.6 Å². The van der Waals surface area contributed by atoms with Gasteiger partial charge in [-0.15, -0.1) is 0 Å². The fourth-order valence-corrected chi connectivity index (χ4v) is 15.1. The molecule has 7 aliphatic rings. The van der Waals surface area contributed by atoms with E-state index in [0.29, 0.717) is 6.04 Å². The lowest BCUT2D eigenvalue weighted by molar-refractivity contribution is -0.405. The molecule has 7 fully saturated rings. The Morgan fingerprint density at radius 2 is 0.754 bits per heavy atom. The first-order valence-electron chi connectivity index (χ1n) is 36.1. The molecule has 114 heavy (non-hydrogen) atoms. The van der Waals surface area contributed by atoms with E-state index in [2.05, 4.69) is 21.3 Å². The Kier molecular flexibility index (Phi) is 34.1. The number of rotatable bonds is 36. The number of amides is 4. The smallest absolute Gasteiger partial charge is 0.364 e. The van der Waals surface area contributed by atoms with Gasteiger partial charge < -0.3 is 210 Å². The largest absolute Gasteiger partial charge is 0.477 e. The molecule has 7 saturated heterocycles. The Morgan fingerprint density at radius 3 is 1.17 bits per heavy atom. The van der Waals surface area contributed by atoms with Crippen LogP contribution in [0.3, 0.4) is 0 Å². The van der Waals surface area contributed by atoms with E-state index in [1.165, 1.54) is 0 Å². The van der Waals surface area contributed by atoms with Gasteiger partial charge in [-0.3, -0.25) is 19.2 Å². The van der Waals surface area contributed by atoms with Crippen LogP contribution in [0.4, 0.5) is 0 Å². The van der Waals surface area contributed by atoms with Crippen molar-refractivity contribution in [2.45, 2.75) is 304 Å². The van der Waals surface area contributed by atoms with Crippen molar-refractivity contribution in [1.29, 1.82) is 0 Å². The molecule has 0 bridgehead atoms. The number of carboxylic acid groups (broad SMARTS) is 3. The molecule has 50 heteroatoms. The molecule has 7 heterocycles. The third-order valence-corrected chi connectivity index (χ3v) is 21.9. The van der Waals surface area contributed by atoms with Crippen LogP contribution in [0.2, 0.25) is 25.7 Å². The van der Waals surface area contributed by atoms with Crippen LogP contribution in [0.15, 0.2) is 0 Å². The predicted molar refractivity (Wildman–Crippen MR) is 362 cm³/mol. The Hall–Kier alpha value is -4.89. The highest BCUT2D eigenvalue weighted by molar-refractivity contribution is 6.76. The Labute approximate surface area is 648 Å². The average Bonchev–Trinajstić information content (AvgIpc) is 0.749. The van der Waals surface area contributed by atoms with Crippen molar-refractivity contribution in [3.05, 3.63) is 0 Å². The van der Waals surface area contributed by atoms with Gasteiger partial charge in [0, 0.05) is 61.6 Å². The molecule has 4 amide bonds. The lowest BCUT2D eigenvalue weighted by Crippen LogP contribution is -2.73. The van der Waals surface area contributed by atoms with Crippen molar-refractivity contribution in [2.24, 2.45) is 0 Å². The standard InChI is InChI=1S/C64H108N4O45Si/c1-20(76)65-34-24(80)10-62(59(94)95,109-50(34)38(85)27(83)13-69)108-31(17-73)42(89)52-36(67-22(3)78)26(82)12-64(111-52,61(98)99)113-54-46(93)58(105-47-32(18-74)103-56(44(91)43(47)90)100-8-9-114(5,6)7)104-33(19-75)48(54)106-55-37(68-23(4)79)49(40(87)29(15-71)101-55)107-57-45(92)53(41(88)30(16-72)102-57)112-63(60(96)97)11-25(81)35(66-21(2)77)51(110-63)39(86)28(84)14-70/h24-58,69-75,80-93H,8-19H2,1-7H3,(H,65,76)(H,66,77)(H,67,78)(H,68,79)(H,94,95)(H,96,97)(H,98,99)/t24-,25-,26-,27+,28+,29+,30+,31+,32+,33+,34+,35+,36+,37+,38+,39+,40-,41-,42+,43+,44+,45+,46+,47+,48-,49+,50+,51+,52+,53-,54+,55-,56+,57-,58-,62+,63-,64+/m0/s1. The van der Waals surface area contributed by atoms with Crippen LogP contribution < -0.4 is 21.3 Å². The summed E-state index contributed by atoms with van der Waals surface area (Å²) in [4.78, 5) is 92.2. The zero-order chi connectivity index (χ0) is 85.5. The maximum absolute atomic E-state index is 14.3. The summed E-state index contributed by atoms with van der Waals surface area (Å²) in [6.45, 7) is 0.235. The van der Waals surface area contributed by atoms with E-state index in [4.69, 9.17) is 66.3 Å². The molecule has 0 aromatic carbocycles. The molecule has 0 unspecified atom stereocenters. The number of carboxylic acids is 3. The zero-order valence-electron chi connectivity index (χ0n) is 62.5. The summed E-state index contributed by atoms with van der Waals surface area (Å²) in [6.07, 6.45) is -76.4. The Morgan fingerprint density at radius 1 is 0.404 bits per heavy atom. The van der Waals surface area contributed by atoms with Gasteiger partial charge in [0.15, 0.2) is 25.2 Å². The highest BCUT2D eigenvalue weighted by atomic mass is 28.3. The molecule has 658 valence electrons. The van der Waals surface area contributed by atoms with E-state index in [-0.39, 0.29) is 6.61 Å². The van der Waals surface area contributed by atoms with Gasteiger partial charge in [-0.05, 0) is 6.04 Å². The number of aliphatic carboxylic acids is 3. The van der Waals surface area contributed by atoms with Gasteiger partial charge in [-0.2, -0.15) is 0 Å². The maximum Gasteiger partial charge on any atom is 0.364 e. The van der Waals surface area contributed by atoms with E-state index in [9.17, 15) is 156 Å². The highest BCUT2D eigenvalue weighted by Crippen LogP contribution is 2.44. The van der Waals surface area contributed by atoms with Gasteiger partial charge in [0.25, 0.3) is 17.4 Å². The Balaban J connectivity index is 1.33.